The largest absolute Gasteiger partial charge is 0.478 e. The first-order valence-electron chi connectivity index (χ1n) is 5.19. The third-order valence-corrected chi connectivity index (χ3v) is 10.4. The molecule has 0 saturated heterocycles. The summed E-state index contributed by atoms with van der Waals surface area (Å²) >= 11 is 7.65. The van der Waals surface area contributed by atoms with Crippen molar-refractivity contribution in [2.24, 2.45) is 0 Å². The zero-order chi connectivity index (χ0) is 17.2. The number of hydrogen-bond donors (Lipinski definition) is 2. The lowest BCUT2D eigenvalue weighted by Gasteiger charge is -2.14. The highest BCUT2D eigenvalue weighted by atomic mass is 127. The molecule has 122 valence electrons. The highest BCUT2D eigenvalue weighted by Gasteiger charge is 2.28. The van der Waals surface area contributed by atoms with Gasteiger partial charge in [-0.25, -0.2) is 9.59 Å². The van der Waals surface area contributed by atoms with Gasteiger partial charge >= 0.3 is 11.9 Å². The third-order valence-electron chi connectivity index (χ3n) is 2.26. The van der Waals surface area contributed by atoms with Crippen molar-refractivity contribution in [1.29, 1.82) is 0 Å². The van der Waals surface area contributed by atoms with Crippen molar-refractivity contribution in [3.8, 4) is 0 Å². The number of carbonyl (C=O) groups excluding carboxylic acids is 1. The minimum absolute atomic E-state index is 0.127. The molecule has 0 heterocycles. The molecule has 0 aliphatic carbocycles. The molecule has 1 rings (SSSR count). The Hall–Kier alpha value is 0.990. The van der Waals surface area contributed by atoms with Crippen LogP contribution in [0.25, 0.3) is 0 Å². The number of aromatic carboxylic acids is 1. The van der Waals surface area contributed by atoms with Gasteiger partial charge in [-0.2, -0.15) is 8.42 Å². The van der Waals surface area contributed by atoms with E-state index in [9.17, 15) is 23.1 Å². The molecular formula is C10H6I4O7S. The van der Waals surface area contributed by atoms with Crippen LogP contribution in [0.5, 0.6) is 0 Å². The summed E-state index contributed by atoms with van der Waals surface area (Å²) in [6.07, 6.45) is 0. The first kappa shape index (κ1) is 21.0. The Balaban J connectivity index is 3.28. The second-order valence-corrected chi connectivity index (χ2v) is 9.62. The minimum atomic E-state index is -4.26. The van der Waals surface area contributed by atoms with Crippen LogP contribution in [-0.4, -0.2) is 42.4 Å². The van der Waals surface area contributed by atoms with Gasteiger partial charge in [-0.15, -0.1) is 0 Å². The number of halogens is 4. The summed E-state index contributed by atoms with van der Waals surface area (Å²) in [4.78, 5) is 23.6. The predicted octanol–water partition coefficient (Wildman–Crippen LogP) is 2.85. The smallest absolute Gasteiger partial charge is 0.340 e. The van der Waals surface area contributed by atoms with Crippen molar-refractivity contribution in [3.63, 3.8) is 0 Å². The van der Waals surface area contributed by atoms with E-state index < -0.39 is 34.4 Å². The van der Waals surface area contributed by atoms with Gasteiger partial charge in [-0.1, -0.05) is 0 Å². The van der Waals surface area contributed by atoms with E-state index in [4.69, 9.17) is 9.29 Å². The van der Waals surface area contributed by atoms with Crippen LogP contribution < -0.4 is 0 Å². The molecule has 0 unspecified atom stereocenters. The van der Waals surface area contributed by atoms with Crippen molar-refractivity contribution in [2.75, 3.05) is 12.4 Å². The molecule has 0 radical (unpaired) electrons. The average molecular weight is 778 g/mol. The van der Waals surface area contributed by atoms with Gasteiger partial charge in [0.2, 0.25) is 0 Å². The monoisotopic (exact) mass is 778 g/mol. The quantitative estimate of drug-likeness (QED) is 0.155. The van der Waals surface area contributed by atoms with Crippen LogP contribution in [0.4, 0.5) is 0 Å². The van der Waals surface area contributed by atoms with Gasteiger partial charge in [0.25, 0.3) is 10.1 Å². The van der Waals surface area contributed by atoms with E-state index in [0.717, 1.165) is 0 Å². The van der Waals surface area contributed by atoms with Crippen LogP contribution in [-0.2, 0) is 14.9 Å². The molecule has 0 fully saturated rings. The molecule has 22 heavy (non-hydrogen) atoms. The van der Waals surface area contributed by atoms with Gasteiger partial charge in [0.05, 0.1) is 11.1 Å². The number of benzene rings is 1. The van der Waals surface area contributed by atoms with E-state index in [2.05, 4.69) is 0 Å². The third kappa shape index (κ3) is 5.24. The van der Waals surface area contributed by atoms with Gasteiger partial charge in [0, 0.05) is 14.3 Å². The fourth-order valence-electron chi connectivity index (χ4n) is 1.34. The topological polar surface area (TPSA) is 118 Å². The lowest BCUT2D eigenvalue weighted by atomic mass is 10.1. The Morgan fingerprint density at radius 2 is 1.41 bits per heavy atom. The van der Waals surface area contributed by atoms with Crippen LogP contribution in [0.1, 0.15) is 20.7 Å². The summed E-state index contributed by atoms with van der Waals surface area (Å²) < 4.78 is 36.8. The van der Waals surface area contributed by atoms with E-state index in [1.807, 2.05) is 90.4 Å². The Morgan fingerprint density at radius 3 is 1.82 bits per heavy atom. The molecule has 0 amide bonds. The molecule has 0 aliphatic rings. The molecule has 0 atom stereocenters. The molecule has 12 heteroatoms. The fraction of sp³-hybridized carbons (Fsp3) is 0.200. The Morgan fingerprint density at radius 1 is 0.955 bits per heavy atom. The van der Waals surface area contributed by atoms with Crippen LogP contribution in [0.15, 0.2) is 0 Å². The molecule has 1 aromatic carbocycles. The number of carbonyl (C=O) groups is 2. The SMILES string of the molecule is O=C(O)c1c(I)c(I)c(I)c(I)c1C(=O)OCCS(=O)(=O)O. The maximum absolute atomic E-state index is 12.1. The van der Waals surface area contributed by atoms with Crippen LogP contribution in [0.3, 0.4) is 0 Å². The molecule has 0 bridgehead atoms. The number of hydrogen-bond acceptors (Lipinski definition) is 5. The first-order chi connectivity index (χ1) is 9.97. The van der Waals surface area contributed by atoms with Crippen molar-refractivity contribution in [1.82, 2.24) is 0 Å². The zero-order valence-corrected chi connectivity index (χ0v) is 19.7. The standard InChI is InChI=1S/C10H6I4O7S/c11-5-3(9(15)16)4(6(12)8(14)7(5)13)10(17)21-1-2-22(18,19)20/h1-2H2,(H,15,16)(H,18,19,20). The van der Waals surface area contributed by atoms with E-state index in [0.29, 0.717) is 14.3 Å². The molecule has 0 aliphatic heterocycles. The molecule has 0 aromatic heterocycles. The molecule has 0 spiro atoms. The number of ether oxygens (including phenoxy) is 1. The van der Waals surface area contributed by atoms with Crippen molar-refractivity contribution in [3.05, 3.63) is 25.4 Å². The van der Waals surface area contributed by atoms with Crippen molar-refractivity contribution >= 4 is 112 Å². The summed E-state index contributed by atoms with van der Waals surface area (Å²) in [7, 11) is -4.26. The van der Waals surface area contributed by atoms with Gasteiger partial charge in [0.1, 0.15) is 12.4 Å². The Kier molecular flexibility index (Phi) is 8.02. The number of rotatable bonds is 5. The molecule has 0 saturated carbocycles. The number of carboxylic acids is 1. The van der Waals surface area contributed by atoms with E-state index in [1.54, 1.807) is 0 Å². The normalized spacial score (nSPS) is 11.3. The van der Waals surface area contributed by atoms with E-state index >= 15 is 0 Å². The first-order valence-corrected chi connectivity index (χ1v) is 11.1. The predicted molar refractivity (Wildman–Crippen MR) is 111 cm³/mol. The van der Waals surface area contributed by atoms with Gasteiger partial charge < -0.3 is 9.84 Å². The Labute approximate surface area is 180 Å². The Bertz CT molecular complexity index is 744. The highest BCUT2D eigenvalue weighted by molar-refractivity contribution is 14.1. The van der Waals surface area contributed by atoms with Gasteiger partial charge in [-0.05, 0) is 90.4 Å². The molecule has 2 N–H and O–H groups in total. The molecule has 7 nitrogen and oxygen atoms in total. The highest BCUT2D eigenvalue weighted by Crippen LogP contribution is 2.33. The zero-order valence-electron chi connectivity index (χ0n) is 10.3. The van der Waals surface area contributed by atoms with Crippen molar-refractivity contribution < 1.29 is 32.4 Å². The number of carboxylic acid groups (broad SMARTS) is 1. The molecular weight excluding hydrogens is 772 g/mol. The second-order valence-electron chi connectivity index (χ2n) is 3.73. The summed E-state index contributed by atoms with van der Waals surface area (Å²) in [6.45, 7) is -0.564. The van der Waals surface area contributed by atoms with Gasteiger partial charge in [0.15, 0.2) is 0 Å². The summed E-state index contributed by atoms with van der Waals surface area (Å²) in [5.41, 5.74) is -0.315. The minimum Gasteiger partial charge on any atom is -0.478 e. The van der Waals surface area contributed by atoms with Crippen LogP contribution in [0.2, 0.25) is 0 Å². The second kappa shape index (κ2) is 8.39. The van der Waals surface area contributed by atoms with Crippen molar-refractivity contribution in [2.45, 2.75) is 0 Å². The van der Waals surface area contributed by atoms with E-state index in [-0.39, 0.29) is 11.1 Å². The lowest BCUT2D eigenvalue weighted by Crippen LogP contribution is -2.20. The lowest BCUT2D eigenvalue weighted by molar-refractivity contribution is 0.0514. The maximum Gasteiger partial charge on any atom is 0.340 e. The fourth-order valence-corrected chi connectivity index (χ4v) is 5.27. The van der Waals surface area contributed by atoms with Crippen LogP contribution in [0, 0.1) is 14.3 Å². The average Bonchev–Trinajstić information content (AvgIpc) is 2.38. The molecule has 1 aromatic rings. The summed E-state index contributed by atoms with van der Waals surface area (Å²) in [5, 5.41) is 9.33. The maximum atomic E-state index is 12.1. The van der Waals surface area contributed by atoms with E-state index in [1.165, 1.54) is 0 Å². The van der Waals surface area contributed by atoms with Gasteiger partial charge in [-0.3, -0.25) is 4.55 Å². The van der Waals surface area contributed by atoms with Crippen LogP contribution >= 0.6 is 90.4 Å². The number of esters is 1. The summed E-state index contributed by atoms with van der Waals surface area (Å²) in [5.74, 6) is -2.98. The summed E-state index contributed by atoms with van der Waals surface area (Å²) in [6, 6.07) is 0.